The van der Waals surface area contributed by atoms with Crippen molar-refractivity contribution in [3.8, 4) is 0 Å². The summed E-state index contributed by atoms with van der Waals surface area (Å²) in [7, 11) is 0. The van der Waals surface area contributed by atoms with Crippen LogP contribution >= 0.6 is 0 Å². The van der Waals surface area contributed by atoms with Gasteiger partial charge in [-0.25, -0.2) is 15.1 Å². The maximum Gasteiger partial charge on any atom is 0.125 e. The lowest BCUT2D eigenvalue weighted by Gasteiger charge is -1.97. The van der Waals surface area contributed by atoms with Gasteiger partial charge < -0.3 is 0 Å². The summed E-state index contributed by atoms with van der Waals surface area (Å²) in [6.45, 7) is 3.38. The van der Waals surface area contributed by atoms with E-state index in [-0.39, 0.29) is 6.61 Å². The van der Waals surface area contributed by atoms with Gasteiger partial charge in [0.25, 0.3) is 0 Å². The Morgan fingerprint density at radius 1 is 1.40 bits per heavy atom. The third kappa shape index (κ3) is 1.51. The fourth-order valence-corrected chi connectivity index (χ4v) is 0.868. The maximum absolute atomic E-state index is 10.3. The molecule has 0 bridgehead atoms. The Labute approximate surface area is 59.8 Å². The third-order valence-electron chi connectivity index (χ3n) is 1.17. The largest absolute Gasteiger partial charge is 0.239 e. The summed E-state index contributed by atoms with van der Waals surface area (Å²) >= 11 is 0. The maximum atomic E-state index is 10.3. The van der Waals surface area contributed by atoms with Crippen molar-refractivity contribution in [2.75, 3.05) is 0 Å². The highest BCUT2D eigenvalue weighted by molar-refractivity contribution is 5.08. The Morgan fingerprint density at radius 3 is 2.60 bits per heavy atom. The van der Waals surface area contributed by atoms with E-state index < -0.39 is 0 Å². The van der Waals surface area contributed by atoms with Crippen LogP contribution in [-0.4, -0.2) is 9.97 Å². The van der Waals surface area contributed by atoms with Crippen LogP contribution in [0.25, 0.3) is 0 Å². The van der Waals surface area contributed by atoms with E-state index in [1.807, 2.05) is 6.92 Å². The van der Waals surface area contributed by atoms with Crippen molar-refractivity contribution in [1.82, 2.24) is 9.97 Å². The Kier molecular flexibility index (Phi) is 1.97. The van der Waals surface area contributed by atoms with Crippen LogP contribution in [0.1, 0.15) is 17.2 Å². The molecule has 0 unspecified atom stereocenters. The van der Waals surface area contributed by atoms with E-state index in [1.165, 1.54) is 0 Å². The lowest BCUT2D eigenvalue weighted by atomic mass is 10.3. The molecule has 10 heavy (non-hydrogen) atoms. The Balaban J connectivity index is 3.06. The number of nitrogens with zero attached hydrogens (tertiary/aromatic N) is 2. The second kappa shape index (κ2) is 2.75. The molecule has 0 atom stereocenters. The van der Waals surface area contributed by atoms with E-state index in [0.29, 0.717) is 11.5 Å². The molecule has 0 fully saturated rings. The second-order valence-electron chi connectivity index (χ2n) is 2.19. The van der Waals surface area contributed by atoms with Crippen molar-refractivity contribution in [3.63, 3.8) is 0 Å². The molecule has 0 aliphatic carbocycles. The zero-order chi connectivity index (χ0) is 7.56. The molecule has 3 nitrogen and oxygen atoms in total. The van der Waals surface area contributed by atoms with Crippen LogP contribution < -0.4 is 0 Å². The van der Waals surface area contributed by atoms with Crippen LogP contribution in [0.15, 0.2) is 6.07 Å². The molecule has 1 aromatic heterocycles. The Bertz CT molecular complexity index is 215. The first-order chi connectivity index (χ1) is 4.72. The van der Waals surface area contributed by atoms with E-state index in [4.69, 9.17) is 0 Å². The zero-order valence-corrected chi connectivity index (χ0v) is 6.09. The van der Waals surface area contributed by atoms with Gasteiger partial charge >= 0.3 is 0 Å². The van der Waals surface area contributed by atoms with Crippen LogP contribution in [0.5, 0.6) is 0 Å². The quantitative estimate of drug-likeness (QED) is 0.580. The average molecular weight is 137 g/mol. The number of aromatic nitrogens is 2. The molecule has 0 aliphatic rings. The standard InChI is InChI=1S/C7H9N2O/c1-5-3-7(4-10)9-6(2)8-5/h3H,4H2,1-2H3. The van der Waals surface area contributed by atoms with Gasteiger partial charge in [0.05, 0.1) is 5.69 Å². The van der Waals surface area contributed by atoms with Crippen molar-refractivity contribution >= 4 is 0 Å². The number of hydrogen-bond acceptors (Lipinski definition) is 2. The minimum atomic E-state index is -0.260. The molecule has 0 N–H and O–H groups in total. The van der Waals surface area contributed by atoms with Gasteiger partial charge in [0.15, 0.2) is 0 Å². The molecule has 1 aromatic rings. The Hall–Kier alpha value is -0.960. The highest BCUT2D eigenvalue weighted by atomic mass is 16.3. The lowest BCUT2D eigenvalue weighted by Crippen LogP contribution is -1.95. The van der Waals surface area contributed by atoms with Crippen molar-refractivity contribution in [3.05, 3.63) is 23.3 Å². The molecule has 1 heterocycles. The first-order valence-electron chi connectivity index (χ1n) is 3.11. The monoisotopic (exact) mass is 137 g/mol. The van der Waals surface area contributed by atoms with E-state index in [2.05, 4.69) is 9.97 Å². The first kappa shape index (κ1) is 7.15. The van der Waals surface area contributed by atoms with E-state index in [9.17, 15) is 5.11 Å². The summed E-state index contributed by atoms with van der Waals surface area (Å²) in [6, 6.07) is 1.71. The molecule has 53 valence electrons. The summed E-state index contributed by atoms with van der Waals surface area (Å²) < 4.78 is 0. The summed E-state index contributed by atoms with van der Waals surface area (Å²) in [5, 5.41) is 10.3. The summed E-state index contributed by atoms with van der Waals surface area (Å²) in [5.74, 6) is 0.672. The van der Waals surface area contributed by atoms with Gasteiger partial charge in [0, 0.05) is 5.69 Å². The van der Waals surface area contributed by atoms with Gasteiger partial charge in [-0.05, 0) is 19.9 Å². The van der Waals surface area contributed by atoms with E-state index >= 15 is 0 Å². The van der Waals surface area contributed by atoms with Crippen LogP contribution in [0.2, 0.25) is 0 Å². The van der Waals surface area contributed by atoms with Crippen LogP contribution in [-0.2, 0) is 11.7 Å². The molecule has 0 saturated heterocycles. The van der Waals surface area contributed by atoms with Crippen LogP contribution in [0.4, 0.5) is 0 Å². The molecule has 1 rings (SSSR count). The summed E-state index contributed by atoms with van der Waals surface area (Å²) in [6.07, 6.45) is 0. The Morgan fingerprint density at radius 2 is 2.10 bits per heavy atom. The van der Waals surface area contributed by atoms with Gasteiger partial charge in [0.2, 0.25) is 0 Å². The summed E-state index contributed by atoms with van der Waals surface area (Å²) in [5.41, 5.74) is 1.43. The van der Waals surface area contributed by atoms with Gasteiger partial charge in [-0.3, -0.25) is 0 Å². The molecule has 0 aliphatic heterocycles. The van der Waals surface area contributed by atoms with Gasteiger partial charge in [-0.1, -0.05) is 0 Å². The minimum Gasteiger partial charge on any atom is -0.239 e. The van der Waals surface area contributed by atoms with E-state index in [1.54, 1.807) is 13.0 Å². The molecule has 3 heteroatoms. The predicted octanol–water partition coefficient (Wildman–Crippen LogP) is 1.02. The number of aryl methyl sites for hydroxylation is 2. The van der Waals surface area contributed by atoms with E-state index in [0.717, 1.165) is 5.69 Å². The molecule has 0 spiro atoms. The molecule has 0 saturated carbocycles. The zero-order valence-electron chi connectivity index (χ0n) is 6.09. The number of hydrogen-bond donors (Lipinski definition) is 0. The van der Waals surface area contributed by atoms with Crippen LogP contribution in [0.3, 0.4) is 0 Å². The lowest BCUT2D eigenvalue weighted by molar-refractivity contribution is 0.173. The third-order valence-corrected chi connectivity index (χ3v) is 1.17. The van der Waals surface area contributed by atoms with Gasteiger partial charge in [0.1, 0.15) is 12.4 Å². The van der Waals surface area contributed by atoms with Gasteiger partial charge in [-0.15, -0.1) is 0 Å². The topological polar surface area (TPSA) is 45.7 Å². The average Bonchev–Trinajstić information content (AvgIpc) is 1.85. The fraction of sp³-hybridized carbons (Fsp3) is 0.429. The van der Waals surface area contributed by atoms with Crippen molar-refractivity contribution in [2.24, 2.45) is 0 Å². The normalized spacial score (nSPS) is 9.90. The van der Waals surface area contributed by atoms with Gasteiger partial charge in [-0.2, -0.15) is 0 Å². The molecule has 1 radical (unpaired) electrons. The predicted molar refractivity (Wildman–Crippen MR) is 35.9 cm³/mol. The molecule has 0 amide bonds. The smallest absolute Gasteiger partial charge is 0.125 e. The second-order valence-corrected chi connectivity index (χ2v) is 2.19. The highest BCUT2D eigenvalue weighted by Gasteiger charge is 1.95. The molecular weight excluding hydrogens is 128 g/mol. The summed E-state index contributed by atoms with van der Waals surface area (Å²) in [4.78, 5) is 7.96. The van der Waals surface area contributed by atoms with Crippen molar-refractivity contribution in [1.29, 1.82) is 0 Å². The van der Waals surface area contributed by atoms with Crippen LogP contribution in [0, 0.1) is 13.8 Å². The SMILES string of the molecule is Cc1cc(C[O])nc(C)n1. The van der Waals surface area contributed by atoms with Crippen molar-refractivity contribution < 1.29 is 5.11 Å². The number of rotatable bonds is 1. The fourth-order valence-electron chi connectivity index (χ4n) is 0.868. The first-order valence-corrected chi connectivity index (χ1v) is 3.11. The molecular formula is C7H9N2O. The molecule has 0 aromatic carbocycles. The highest BCUT2D eigenvalue weighted by Crippen LogP contribution is 1.98. The minimum absolute atomic E-state index is 0.260. The van der Waals surface area contributed by atoms with Crippen molar-refractivity contribution in [2.45, 2.75) is 20.5 Å².